The molecule has 0 unspecified atom stereocenters. The second-order valence-corrected chi connectivity index (χ2v) is 7.58. The summed E-state index contributed by atoms with van der Waals surface area (Å²) in [5, 5.41) is 7.23. The molecule has 1 N–H and O–H groups in total. The molecule has 1 aliphatic heterocycles. The summed E-state index contributed by atoms with van der Waals surface area (Å²) in [6.45, 7) is 3.32. The van der Waals surface area contributed by atoms with Crippen LogP contribution < -0.4 is 5.32 Å². The number of nitrogens with one attached hydrogen (secondary N) is 1. The summed E-state index contributed by atoms with van der Waals surface area (Å²) in [5.41, 5.74) is 2.51. The fraction of sp³-hybridized carbons (Fsp3) is 0.364. The Morgan fingerprint density at radius 2 is 1.93 bits per heavy atom. The van der Waals surface area contributed by atoms with Gasteiger partial charge in [0.05, 0.1) is 5.69 Å². The average molecular weight is 407 g/mol. The highest BCUT2D eigenvalue weighted by Gasteiger charge is 2.27. The first-order chi connectivity index (χ1) is 14.5. The fourth-order valence-corrected chi connectivity index (χ4v) is 3.73. The lowest BCUT2D eigenvalue weighted by Gasteiger charge is -2.16. The van der Waals surface area contributed by atoms with Gasteiger partial charge in [-0.1, -0.05) is 30.3 Å². The Hall–Kier alpha value is -3.42. The molecule has 1 aromatic carbocycles. The molecular weight excluding hydrogens is 382 g/mol. The number of oxazole rings is 1. The molecule has 1 fully saturated rings. The van der Waals surface area contributed by atoms with Crippen LogP contribution in [-0.2, 0) is 13.5 Å². The van der Waals surface area contributed by atoms with Gasteiger partial charge in [-0.2, -0.15) is 5.10 Å². The highest BCUT2D eigenvalue weighted by molar-refractivity contribution is 5.93. The van der Waals surface area contributed by atoms with Crippen LogP contribution in [0.2, 0.25) is 0 Å². The minimum Gasteiger partial charge on any atom is -0.446 e. The van der Waals surface area contributed by atoms with Crippen LogP contribution in [0.25, 0.3) is 0 Å². The summed E-state index contributed by atoms with van der Waals surface area (Å²) in [5.74, 6) is -0.0900. The zero-order chi connectivity index (χ0) is 21.1. The summed E-state index contributed by atoms with van der Waals surface area (Å²) in [7, 11) is 1.73. The topological polar surface area (TPSA) is 93.3 Å². The average Bonchev–Trinajstić information content (AvgIpc) is 3.49. The molecule has 1 saturated heterocycles. The van der Waals surface area contributed by atoms with Gasteiger partial charge in [-0.25, -0.2) is 4.98 Å². The molecule has 1 atom stereocenters. The van der Waals surface area contributed by atoms with Gasteiger partial charge in [0.2, 0.25) is 5.89 Å². The molecule has 4 rings (SSSR count). The van der Waals surface area contributed by atoms with E-state index >= 15 is 0 Å². The van der Waals surface area contributed by atoms with Crippen molar-refractivity contribution in [2.45, 2.75) is 32.2 Å². The zero-order valence-corrected chi connectivity index (χ0v) is 17.2. The number of nitrogens with zero attached hydrogens (tertiary/aromatic N) is 4. The van der Waals surface area contributed by atoms with E-state index in [9.17, 15) is 9.59 Å². The molecule has 2 aromatic heterocycles. The van der Waals surface area contributed by atoms with Crippen molar-refractivity contribution in [3.63, 3.8) is 0 Å². The number of benzene rings is 1. The van der Waals surface area contributed by atoms with Crippen LogP contribution in [0.15, 0.2) is 47.1 Å². The number of carbonyl (C=O) groups is 2. The first-order valence-electron chi connectivity index (χ1n) is 10.1. The van der Waals surface area contributed by atoms with E-state index in [4.69, 9.17) is 4.42 Å². The normalized spacial score (nSPS) is 14.7. The Kier molecular flexibility index (Phi) is 5.65. The molecule has 0 saturated carbocycles. The van der Waals surface area contributed by atoms with Gasteiger partial charge in [0.25, 0.3) is 11.8 Å². The van der Waals surface area contributed by atoms with Crippen LogP contribution in [0, 0.1) is 6.92 Å². The monoisotopic (exact) mass is 407 g/mol. The largest absolute Gasteiger partial charge is 0.446 e. The van der Waals surface area contributed by atoms with Crippen LogP contribution in [0.4, 0.5) is 0 Å². The number of aryl methyl sites for hydroxylation is 2. The summed E-state index contributed by atoms with van der Waals surface area (Å²) in [4.78, 5) is 31.7. The number of hydrogen-bond donors (Lipinski definition) is 1. The highest BCUT2D eigenvalue weighted by atomic mass is 16.3. The molecule has 156 valence electrons. The predicted molar refractivity (Wildman–Crippen MR) is 110 cm³/mol. The van der Waals surface area contributed by atoms with Gasteiger partial charge in [0, 0.05) is 26.6 Å². The first kappa shape index (κ1) is 19.9. The molecule has 30 heavy (non-hydrogen) atoms. The number of rotatable bonds is 6. The van der Waals surface area contributed by atoms with E-state index in [1.165, 1.54) is 6.26 Å². The molecule has 2 amide bonds. The van der Waals surface area contributed by atoms with Crippen LogP contribution >= 0.6 is 0 Å². The summed E-state index contributed by atoms with van der Waals surface area (Å²) < 4.78 is 7.20. The minimum atomic E-state index is -0.518. The van der Waals surface area contributed by atoms with Crippen molar-refractivity contribution in [3.8, 4) is 0 Å². The summed E-state index contributed by atoms with van der Waals surface area (Å²) in [6, 6.07) is 11.0. The lowest BCUT2D eigenvalue weighted by molar-refractivity contribution is 0.0786. The van der Waals surface area contributed by atoms with E-state index < -0.39 is 6.04 Å². The highest BCUT2D eigenvalue weighted by Crippen LogP contribution is 2.21. The van der Waals surface area contributed by atoms with Crippen molar-refractivity contribution >= 4 is 11.8 Å². The number of aromatic nitrogens is 3. The molecular formula is C22H25N5O3. The van der Waals surface area contributed by atoms with Crippen LogP contribution in [0.3, 0.4) is 0 Å². The Labute approximate surface area is 174 Å². The second kappa shape index (κ2) is 8.52. The number of hydrogen-bond acceptors (Lipinski definition) is 5. The molecule has 0 spiro atoms. The smallest absolute Gasteiger partial charge is 0.275 e. The number of likely N-dealkylation sites (tertiary alicyclic amines) is 1. The van der Waals surface area contributed by atoms with Crippen molar-refractivity contribution in [1.82, 2.24) is 25.0 Å². The molecule has 0 bridgehead atoms. The first-order valence-corrected chi connectivity index (χ1v) is 10.1. The Morgan fingerprint density at radius 3 is 2.60 bits per heavy atom. The summed E-state index contributed by atoms with van der Waals surface area (Å²) >= 11 is 0. The van der Waals surface area contributed by atoms with E-state index in [-0.39, 0.29) is 17.5 Å². The SMILES string of the molecule is Cc1cc(C(=O)N[C@@H](Cc2ccccc2)c2nc(C(=O)N3CCCC3)co2)n(C)n1. The molecule has 3 aromatic rings. The maximum atomic E-state index is 12.9. The Morgan fingerprint density at radius 1 is 1.20 bits per heavy atom. The lowest BCUT2D eigenvalue weighted by Crippen LogP contribution is -2.32. The van der Waals surface area contributed by atoms with Gasteiger partial charge >= 0.3 is 0 Å². The van der Waals surface area contributed by atoms with Crippen molar-refractivity contribution in [3.05, 3.63) is 71.2 Å². The summed E-state index contributed by atoms with van der Waals surface area (Å²) in [6.07, 6.45) is 3.89. The van der Waals surface area contributed by atoms with Crippen LogP contribution in [-0.4, -0.2) is 44.6 Å². The van der Waals surface area contributed by atoms with Crippen molar-refractivity contribution in [2.75, 3.05) is 13.1 Å². The van der Waals surface area contributed by atoms with Gasteiger partial charge in [-0.05, 0) is 31.4 Å². The van der Waals surface area contributed by atoms with Crippen LogP contribution in [0.5, 0.6) is 0 Å². The third-order valence-corrected chi connectivity index (χ3v) is 5.26. The molecule has 3 heterocycles. The molecule has 8 nitrogen and oxygen atoms in total. The van der Waals surface area contributed by atoms with E-state index in [1.54, 1.807) is 22.7 Å². The van der Waals surface area contributed by atoms with Crippen molar-refractivity contribution in [1.29, 1.82) is 0 Å². The van der Waals surface area contributed by atoms with Gasteiger partial charge in [0.15, 0.2) is 5.69 Å². The molecule has 8 heteroatoms. The Bertz CT molecular complexity index is 1030. The second-order valence-electron chi connectivity index (χ2n) is 7.58. The third-order valence-electron chi connectivity index (χ3n) is 5.26. The fourth-order valence-electron chi connectivity index (χ4n) is 3.73. The zero-order valence-electron chi connectivity index (χ0n) is 17.2. The van der Waals surface area contributed by atoms with Gasteiger partial charge in [-0.15, -0.1) is 0 Å². The van der Waals surface area contributed by atoms with Gasteiger partial charge in [-0.3, -0.25) is 14.3 Å². The third kappa shape index (κ3) is 4.27. The number of amides is 2. The van der Waals surface area contributed by atoms with Crippen LogP contribution in [0.1, 0.15) is 57.0 Å². The quantitative estimate of drug-likeness (QED) is 0.678. The van der Waals surface area contributed by atoms with Gasteiger partial charge in [0.1, 0.15) is 18.0 Å². The lowest BCUT2D eigenvalue weighted by atomic mass is 10.1. The molecule has 1 aliphatic rings. The van der Waals surface area contributed by atoms with Crippen molar-refractivity contribution in [2.24, 2.45) is 7.05 Å². The maximum Gasteiger partial charge on any atom is 0.275 e. The van der Waals surface area contributed by atoms with Gasteiger partial charge < -0.3 is 14.6 Å². The van der Waals surface area contributed by atoms with Crippen molar-refractivity contribution < 1.29 is 14.0 Å². The van der Waals surface area contributed by atoms with E-state index in [1.807, 2.05) is 37.3 Å². The van der Waals surface area contributed by atoms with E-state index in [0.29, 0.717) is 18.0 Å². The standard InChI is InChI=1S/C22H25N5O3/c1-15-12-19(26(2)25-15)20(28)23-17(13-16-8-4-3-5-9-16)21-24-18(14-30-21)22(29)27-10-6-7-11-27/h3-5,8-9,12,14,17H,6-7,10-11,13H2,1-2H3,(H,23,28)/t17-/m0/s1. The van der Waals surface area contributed by atoms with E-state index in [0.717, 1.165) is 37.2 Å². The Balaban J connectivity index is 1.58. The molecule has 0 aliphatic carbocycles. The minimum absolute atomic E-state index is 0.130. The molecule has 0 radical (unpaired) electrons. The number of carbonyl (C=O) groups excluding carboxylic acids is 2. The predicted octanol–water partition coefficient (Wildman–Crippen LogP) is 2.67. The maximum absolute atomic E-state index is 12.9. The van der Waals surface area contributed by atoms with E-state index in [2.05, 4.69) is 15.4 Å².